The van der Waals surface area contributed by atoms with Crippen LogP contribution in [0, 0.1) is 0 Å². The number of fused-ring (bicyclic) bond motifs is 1. The SMILES string of the molecule is O[C@@H](COc1ccc2c(c1)CCC2)CN1CCOCC1. The molecule has 1 atom stereocenters. The third kappa shape index (κ3) is 3.51. The summed E-state index contributed by atoms with van der Waals surface area (Å²) in [5.74, 6) is 0.881. The number of aliphatic hydroxyl groups excluding tert-OH is 1. The van der Waals surface area contributed by atoms with Crippen molar-refractivity contribution >= 4 is 0 Å². The number of rotatable bonds is 5. The highest BCUT2D eigenvalue weighted by Gasteiger charge is 2.16. The molecule has 1 aromatic carbocycles. The van der Waals surface area contributed by atoms with Gasteiger partial charge in [0.15, 0.2) is 0 Å². The van der Waals surface area contributed by atoms with E-state index in [2.05, 4.69) is 17.0 Å². The normalized spacial score (nSPS) is 20.6. The summed E-state index contributed by atoms with van der Waals surface area (Å²) < 4.78 is 11.0. The zero-order chi connectivity index (χ0) is 13.8. The molecular formula is C16H23NO3. The van der Waals surface area contributed by atoms with Gasteiger partial charge in [-0.25, -0.2) is 0 Å². The predicted octanol–water partition coefficient (Wildman–Crippen LogP) is 1.25. The van der Waals surface area contributed by atoms with Gasteiger partial charge in [0.25, 0.3) is 0 Å². The minimum atomic E-state index is -0.443. The topological polar surface area (TPSA) is 41.9 Å². The number of nitrogens with zero attached hydrogens (tertiary/aromatic N) is 1. The second-order valence-corrected chi connectivity index (χ2v) is 5.66. The van der Waals surface area contributed by atoms with Crippen LogP contribution in [0.25, 0.3) is 0 Å². The lowest BCUT2D eigenvalue weighted by Gasteiger charge is -2.28. The Bertz CT molecular complexity index is 443. The molecule has 1 fully saturated rings. The molecule has 1 saturated heterocycles. The van der Waals surface area contributed by atoms with Crippen molar-refractivity contribution in [2.24, 2.45) is 0 Å². The molecule has 0 radical (unpaired) electrons. The smallest absolute Gasteiger partial charge is 0.119 e. The van der Waals surface area contributed by atoms with E-state index in [1.54, 1.807) is 0 Å². The highest BCUT2D eigenvalue weighted by molar-refractivity contribution is 5.38. The second-order valence-electron chi connectivity index (χ2n) is 5.66. The van der Waals surface area contributed by atoms with Crippen LogP contribution in [0.3, 0.4) is 0 Å². The first-order valence-electron chi connectivity index (χ1n) is 7.54. The Balaban J connectivity index is 1.46. The lowest BCUT2D eigenvalue weighted by Crippen LogP contribution is -2.42. The highest BCUT2D eigenvalue weighted by Crippen LogP contribution is 2.26. The molecular weight excluding hydrogens is 254 g/mol. The minimum absolute atomic E-state index is 0.357. The van der Waals surface area contributed by atoms with E-state index in [-0.39, 0.29) is 0 Å². The molecule has 4 heteroatoms. The third-order valence-corrected chi connectivity index (χ3v) is 4.08. The maximum atomic E-state index is 10.0. The van der Waals surface area contributed by atoms with Crippen LogP contribution < -0.4 is 4.74 Å². The van der Waals surface area contributed by atoms with Crippen LogP contribution in [0.15, 0.2) is 18.2 Å². The second kappa shape index (κ2) is 6.57. The van der Waals surface area contributed by atoms with Gasteiger partial charge in [-0.05, 0) is 42.5 Å². The standard InChI is InChI=1S/C16H23NO3/c18-15(11-17-6-8-19-9-7-17)12-20-16-5-4-13-2-1-3-14(13)10-16/h4-5,10,15,18H,1-3,6-9,11-12H2/t15-/m1/s1. The Morgan fingerprint density at radius 1 is 1.20 bits per heavy atom. The molecule has 1 aromatic rings. The number of aryl methyl sites for hydroxylation is 2. The number of hydrogen-bond donors (Lipinski definition) is 1. The lowest BCUT2D eigenvalue weighted by atomic mass is 10.1. The molecule has 1 aliphatic heterocycles. The molecule has 0 bridgehead atoms. The summed E-state index contributed by atoms with van der Waals surface area (Å²) in [5, 5.41) is 10.0. The van der Waals surface area contributed by atoms with E-state index in [4.69, 9.17) is 9.47 Å². The van der Waals surface area contributed by atoms with Gasteiger partial charge in [-0.1, -0.05) is 6.07 Å². The molecule has 2 aliphatic rings. The van der Waals surface area contributed by atoms with Crippen molar-refractivity contribution in [3.8, 4) is 5.75 Å². The largest absolute Gasteiger partial charge is 0.491 e. The van der Waals surface area contributed by atoms with Crippen molar-refractivity contribution in [1.82, 2.24) is 4.90 Å². The van der Waals surface area contributed by atoms with Gasteiger partial charge >= 0.3 is 0 Å². The first kappa shape index (κ1) is 13.9. The van der Waals surface area contributed by atoms with Crippen LogP contribution in [0.1, 0.15) is 17.5 Å². The zero-order valence-corrected chi connectivity index (χ0v) is 11.9. The molecule has 0 spiro atoms. The van der Waals surface area contributed by atoms with E-state index in [0.29, 0.717) is 13.2 Å². The van der Waals surface area contributed by atoms with E-state index in [0.717, 1.165) is 38.5 Å². The van der Waals surface area contributed by atoms with Crippen molar-refractivity contribution in [2.45, 2.75) is 25.4 Å². The first-order valence-corrected chi connectivity index (χ1v) is 7.54. The van der Waals surface area contributed by atoms with Crippen molar-refractivity contribution < 1.29 is 14.6 Å². The molecule has 1 aliphatic carbocycles. The quantitative estimate of drug-likeness (QED) is 0.879. The average Bonchev–Trinajstić information content (AvgIpc) is 2.93. The number of hydrogen-bond acceptors (Lipinski definition) is 4. The Morgan fingerprint density at radius 2 is 2.00 bits per heavy atom. The number of morpholine rings is 1. The van der Waals surface area contributed by atoms with Crippen molar-refractivity contribution in [3.05, 3.63) is 29.3 Å². The monoisotopic (exact) mass is 277 g/mol. The highest BCUT2D eigenvalue weighted by atomic mass is 16.5. The summed E-state index contributed by atoms with van der Waals surface area (Å²) in [6.45, 7) is 4.34. The first-order chi connectivity index (χ1) is 9.81. The fraction of sp³-hybridized carbons (Fsp3) is 0.625. The molecule has 0 aromatic heterocycles. The number of benzene rings is 1. The van der Waals surface area contributed by atoms with Gasteiger partial charge in [-0.15, -0.1) is 0 Å². The van der Waals surface area contributed by atoms with Gasteiger partial charge in [-0.3, -0.25) is 4.90 Å². The summed E-state index contributed by atoms with van der Waals surface area (Å²) in [5.41, 5.74) is 2.86. The van der Waals surface area contributed by atoms with Gasteiger partial charge in [0.1, 0.15) is 18.5 Å². The van der Waals surface area contributed by atoms with E-state index in [1.807, 2.05) is 6.07 Å². The molecule has 0 unspecified atom stereocenters. The van der Waals surface area contributed by atoms with Gasteiger partial charge in [0.2, 0.25) is 0 Å². The van der Waals surface area contributed by atoms with Crippen molar-refractivity contribution in [1.29, 1.82) is 0 Å². The lowest BCUT2D eigenvalue weighted by molar-refractivity contribution is 0.00465. The predicted molar refractivity (Wildman–Crippen MR) is 77.2 cm³/mol. The van der Waals surface area contributed by atoms with Crippen LogP contribution in [0.5, 0.6) is 5.75 Å². The molecule has 0 saturated carbocycles. The van der Waals surface area contributed by atoms with Crippen molar-refractivity contribution in [2.75, 3.05) is 39.5 Å². The number of β-amino-alcohol motifs (C(OH)–C–C–N with tert-alkyl or cyclic N) is 1. The van der Waals surface area contributed by atoms with Crippen LogP contribution in [-0.4, -0.2) is 55.6 Å². The molecule has 1 N–H and O–H groups in total. The molecule has 20 heavy (non-hydrogen) atoms. The van der Waals surface area contributed by atoms with Crippen LogP contribution in [0.4, 0.5) is 0 Å². The summed E-state index contributed by atoms with van der Waals surface area (Å²) in [4.78, 5) is 2.22. The van der Waals surface area contributed by atoms with Gasteiger partial charge < -0.3 is 14.6 Å². The Morgan fingerprint density at radius 3 is 2.85 bits per heavy atom. The molecule has 1 heterocycles. The summed E-state index contributed by atoms with van der Waals surface area (Å²) in [6.07, 6.45) is 3.15. The fourth-order valence-electron chi connectivity index (χ4n) is 2.96. The third-order valence-electron chi connectivity index (χ3n) is 4.08. The molecule has 4 nitrogen and oxygen atoms in total. The van der Waals surface area contributed by atoms with E-state index < -0.39 is 6.10 Å². The van der Waals surface area contributed by atoms with Crippen LogP contribution in [-0.2, 0) is 17.6 Å². The van der Waals surface area contributed by atoms with Gasteiger partial charge in [-0.2, -0.15) is 0 Å². The molecule has 0 amide bonds. The average molecular weight is 277 g/mol. The van der Waals surface area contributed by atoms with Crippen LogP contribution >= 0.6 is 0 Å². The van der Waals surface area contributed by atoms with Crippen molar-refractivity contribution in [3.63, 3.8) is 0 Å². The van der Waals surface area contributed by atoms with Crippen LogP contribution in [0.2, 0.25) is 0 Å². The zero-order valence-electron chi connectivity index (χ0n) is 11.9. The molecule has 110 valence electrons. The number of ether oxygens (including phenoxy) is 2. The fourth-order valence-corrected chi connectivity index (χ4v) is 2.96. The summed E-state index contributed by atoms with van der Waals surface area (Å²) >= 11 is 0. The van der Waals surface area contributed by atoms with Gasteiger partial charge in [0, 0.05) is 19.6 Å². The van der Waals surface area contributed by atoms with E-state index >= 15 is 0 Å². The summed E-state index contributed by atoms with van der Waals surface area (Å²) in [6, 6.07) is 6.31. The molecule has 3 rings (SSSR count). The summed E-state index contributed by atoms with van der Waals surface area (Å²) in [7, 11) is 0. The Labute approximate surface area is 120 Å². The maximum absolute atomic E-state index is 10.0. The Kier molecular flexibility index (Phi) is 4.55. The number of aliphatic hydroxyl groups is 1. The maximum Gasteiger partial charge on any atom is 0.119 e. The minimum Gasteiger partial charge on any atom is -0.491 e. The Hall–Kier alpha value is -1.10. The van der Waals surface area contributed by atoms with Gasteiger partial charge in [0.05, 0.1) is 13.2 Å². The van der Waals surface area contributed by atoms with E-state index in [9.17, 15) is 5.11 Å². The van der Waals surface area contributed by atoms with E-state index in [1.165, 1.54) is 24.0 Å².